The van der Waals surface area contributed by atoms with E-state index in [-0.39, 0.29) is 0 Å². The van der Waals surface area contributed by atoms with Crippen LogP contribution in [0, 0.1) is 6.92 Å². The Morgan fingerprint density at radius 3 is 2.88 bits per heavy atom. The number of benzene rings is 1. The molecule has 1 heterocycles. The minimum absolute atomic E-state index is 0.672. The van der Waals surface area contributed by atoms with E-state index in [9.17, 15) is 0 Å². The summed E-state index contributed by atoms with van der Waals surface area (Å²) in [6.45, 7) is 2.66. The number of aryl methyl sites for hydroxylation is 1. The van der Waals surface area contributed by atoms with Crippen LogP contribution in [-0.4, -0.2) is 9.97 Å². The highest BCUT2D eigenvalue weighted by Crippen LogP contribution is 2.17. The summed E-state index contributed by atoms with van der Waals surface area (Å²) in [7, 11) is 0. The molecule has 0 atom stereocenters. The van der Waals surface area contributed by atoms with E-state index >= 15 is 0 Å². The molecule has 0 aliphatic carbocycles. The number of nitrogens with two attached hydrogens (primary N) is 1. The molecule has 0 bridgehead atoms. The smallest absolute Gasteiger partial charge is 0.115 e. The molecule has 0 saturated carbocycles. The molecule has 0 spiro atoms. The van der Waals surface area contributed by atoms with Crippen molar-refractivity contribution in [3.63, 3.8) is 0 Å². The molecular formula is C12H14N4. The van der Waals surface area contributed by atoms with Gasteiger partial charge in [0, 0.05) is 17.6 Å². The minimum atomic E-state index is 0.672. The quantitative estimate of drug-likeness (QED) is 0.767. The maximum Gasteiger partial charge on any atom is 0.115 e. The van der Waals surface area contributed by atoms with Crippen molar-refractivity contribution in [1.29, 1.82) is 0 Å². The number of aromatic nitrogens is 2. The maximum absolute atomic E-state index is 5.82. The molecule has 0 unspecified atom stereocenters. The lowest BCUT2D eigenvalue weighted by atomic mass is 10.2. The fourth-order valence-electron chi connectivity index (χ4n) is 1.37. The average Bonchev–Trinajstić information content (AvgIpc) is 2.32. The van der Waals surface area contributed by atoms with Crippen LogP contribution in [0.5, 0.6) is 0 Å². The Bertz CT molecular complexity index is 468. The van der Waals surface area contributed by atoms with Crippen LogP contribution in [0.2, 0.25) is 0 Å². The summed E-state index contributed by atoms with van der Waals surface area (Å²) >= 11 is 0. The molecule has 2 aromatic rings. The van der Waals surface area contributed by atoms with E-state index in [1.54, 1.807) is 12.5 Å². The topological polar surface area (TPSA) is 63.8 Å². The van der Waals surface area contributed by atoms with Crippen LogP contribution in [0.25, 0.3) is 0 Å². The second kappa shape index (κ2) is 4.61. The molecule has 0 radical (unpaired) electrons. The van der Waals surface area contributed by atoms with Crippen LogP contribution < -0.4 is 11.1 Å². The standard InChI is InChI=1S/C12H14N4/c1-9-2-3-10(6-12(9)13)15-7-11-4-5-14-8-16-11/h2-6,8,15H,7,13H2,1H3. The fraction of sp³-hybridized carbons (Fsp3) is 0.167. The number of rotatable bonds is 3. The number of nitrogen functional groups attached to an aromatic ring is 1. The Labute approximate surface area is 94.5 Å². The first-order chi connectivity index (χ1) is 7.75. The number of hydrogen-bond acceptors (Lipinski definition) is 4. The van der Waals surface area contributed by atoms with Gasteiger partial charge in [-0.3, -0.25) is 0 Å². The molecule has 1 aromatic carbocycles. The Hall–Kier alpha value is -2.10. The molecule has 4 heteroatoms. The maximum atomic E-state index is 5.82. The normalized spacial score (nSPS) is 10.1. The molecule has 0 amide bonds. The molecule has 2 rings (SSSR count). The molecule has 0 aliphatic rings. The highest BCUT2D eigenvalue weighted by atomic mass is 14.9. The highest BCUT2D eigenvalue weighted by Gasteiger charge is 1.97. The first kappa shape index (κ1) is 10.4. The predicted molar refractivity (Wildman–Crippen MR) is 65.0 cm³/mol. The van der Waals surface area contributed by atoms with Crippen molar-refractivity contribution < 1.29 is 0 Å². The molecule has 3 N–H and O–H groups in total. The molecule has 1 aromatic heterocycles. The Morgan fingerprint density at radius 1 is 1.31 bits per heavy atom. The first-order valence-electron chi connectivity index (χ1n) is 5.10. The van der Waals surface area contributed by atoms with Gasteiger partial charge in [-0.05, 0) is 30.7 Å². The summed E-state index contributed by atoms with van der Waals surface area (Å²) in [6.07, 6.45) is 3.27. The number of hydrogen-bond donors (Lipinski definition) is 2. The average molecular weight is 214 g/mol. The van der Waals surface area contributed by atoms with Crippen LogP contribution in [0.3, 0.4) is 0 Å². The Kier molecular flexibility index (Phi) is 3.00. The lowest BCUT2D eigenvalue weighted by molar-refractivity contribution is 1.01. The van der Waals surface area contributed by atoms with Crippen LogP contribution >= 0.6 is 0 Å². The van der Waals surface area contributed by atoms with Gasteiger partial charge >= 0.3 is 0 Å². The van der Waals surface area contributed by atoms with E-state index in [1.807, 2.05) is 31.2 Å². The van der Waals surface area contributed by atoms with Crippen LogP contribution in [0.15, 0.2) is 36.8 Å². The zero-order valence-electron chi connectivity index (χ0n) is 9.14. The van der Waals surface area contributed by atoms with Crippen LogP contribution in [-0.2, 0) is 6.54 Å². The number of nitrogens with one attached hydrogen (secondary N) is 1. The van der Waals surface area contributed by atoms with Crippen molar-refractivity contribution in [3.8, 4) is 0 Å². The van der Waals surface area contributed by atoms with E-state index in [4.69, 9.17) is 5.73 Å². The molecule has 16 heavy (non-hydrogen) atoms. The van der Waals surface area contributed by atoms with Crippen molar-refractivity contribution in [3.05, 3.63) is 48.0 Å². The largest absolute Gasteiger partial charge is 0.398 e. The number of anilines is 2. The third kappa shape index (κ3) is 2.48. The summed E-state index contributed by atoms with van der Waals surface area (Å²) in [6, 6.07) is 7.81. The molecule has 0 aliphatic heterocycles. The van der Waals surface area contributed by atoms with Crippen molar-refractivity contribution in [2.24, 2.45) is 0 Å². The zero-order chi connectivity index (χ0) is 11.4. The lowest BCUT2D eigenvalue weighted by Gasteiger charge is -2.07. The first-order valence-corrected chi connectivity index (χ1v) is 5.10. The van der Waals surface area contributed by atoms with E-state index in [0.29, 0.717) is 6.54 Å². The molecule has 0 fully saturated rings. The molecule has 0 saturated heterocycles. The SMILES string of the molecule is Cc1ccc(NCc2ccncn2)cc1N. The van der Waals surface area contributed by atoms with Gasteiger partial charge in [0.25, 0.3) is 0 Å². The third-order valence-corrected chi connectivity index (χ3v) is 2.40. The summed E-state index contributed by atoms with van der Waals surface area (Å²) in [4.78, 5) is 8.00. The summed E-state index contributed by atoms with van der Waals surface area (Å²) < 4.78 is 0. The fourth-order valence-corrected chi connectivity index (χ4v) is 1.37. The second-order valence-corrected chi connectivity index (χ2v) is 3.63. The van der Waals surface area contributed by atoms with Gasteiger partial charge in [-0.25, -0.2) is 9.97 Å². The van der Waals surface area contributed by atoms with Crippen LogP contribution in [0.1, 0.15) is 11.3 Å². The molecule has 82 valence electrons. The third-order valence-electron chi connectivity index (χ3n) is 2.40. The number of nitrogens with zero attached hydrogens (tertiary/aromatic N) is 2. The highest BCUT2D eigenvalue weighted by molar-refractivity contribution is 5.58. The summed E-state index contributed by atoms with van der Waals surface area (Å²) in [5.74, 6) is 0. The van der Waals surface area contributed by atoms with Gasteiger partial charge in [0.1, 0.15) is 6.33 Å². The minimum Gasteiger partial charge on any atom is -0.398 e. The van der Waals surface area contributed by atoms with Gasteiger partial charge in [0.15, 0.2) is 0 Å². The van der Waals surface area contributed by atoms with Gasteiger partial charge < -0.3 is 11.1 Å². The Morgan fingerprint density at radius 2 is 2.19 bits per heavy atom. The van der Waals surface area contributed by atoms with Gasteiger partial charge in [0.2, 0.25) is 0 Å². The molecular weight excluding hydrogens is 200 g/mol. The van der Waals surface area contributed by atoms with E-state index in [1.165, 1.54) is 0 Å². The van der Waals surface area contributed by atoms with Crippen molar-refractivity contribution in [2.75, 3.05) is 11.1 Å². The van der Waals surface area contributed by atoms with Crippen molar-refractivity contribution >= 4 is 11.4 Å². The van der Waals surface area contributed by atoms with E-state index in [0.717, 1.165) is 22.6 Å². The van der Waals surface area contributed by atoms with E-state index in [2.05, 4.69) is 15.3 Å². The summed E-state index contributed by atoms with van der Waals surface area (Å²) in [5.41, 5.74) is 9.67. The monoisotopic (exact) mass is 214 g/mol. The van der Waals surface area contributed by atoms with Gasteiger partial charge in [-0.2, -0.15) is 0 Å². The van der Waals surface area contributed by atoms with Crippen molar-refractivity contribution in [2.45, 2.75) is 13.5 Å². The van der Waals surface area contributed by atoms with Gasteiger partial charge in [-0.15, -0.1) is 0 Å². The van der Waals surface area contributed by atoms with Gasteiger partial charge in [-0.1, -0.05) is 6.07 Å². The van der Waals surface area contributed by atoms with Crippen molar-refractivity contribution in [1.82, 2.24) is 9.97 Å². The second-order valence-electron chi connectivity index (χ2n) is 3.63. The Balaban J connectivity index is 2.03. The van der Waals surface area contributed by atoms with E-state index < -0.39 is 0 Å². The zero-order valence-corrected chi connectivity index (χ0v) is 9.14. The summed E-state index contributed by atoms with van der Waals surface area (Å²) in [5, 5.41) is 3.26. The lowest BCUT2D eigenvalue weighted by Crippen LogP contribution is -2.02. The molecule has 4 nitrogen and oxygen atoms in total. The predicted octanol–water partition coefficient (Wildman–Crippen LogP) is 1.98. The van der Waals surface area contributed by atoms with Crippen LogP contribution in [0.4, 0.5) is 11.4 Å². The van der Waals surface area contributed by atoms with Gasteiger partial charge in [0.05, 0.1) is 12.2 Å².